The van der Waals surface area contributed by atoms with Gasteiger partial charge in [-0.1, -0.05) is 103 Å². The van der Waals surface area contributed by atoms with Gasteiger partial charge in [-0.25, -0.2) is 0 Å². The number of carbonyl (C=O) groups excluding carboxylic acids is 1. The molecule has 0 bridgehead atoms. The predicted octanol–water partition coefficient (Wildman–Crippen LogP) is 4.48. The Morgan fingerprint density at radius 3 is 1.14 bits per heavy atom. The van der Waals surface area contributed by atoms with E-state index in [1.807, 2.05) is 0 Å². The normalized spacial score (nSPS) is 8.22. The fourth-order valence-electron chi connectivity index (χ4n) is 2.84. The third kappa shape index (κ3) is 12.3. The zero-order valence-electron chi connectivity index (χ0n) is 19.3. The molecule has 183 valence electrons. The van der Waals surface area contributed by atoms with E-state index in [9.17, 15) is 4.79 Å². The Balaban J connectivity index is 0. The monoisotopic (exact) mass is 540 g/mol. The average molecular weight is 540 g/mol. The smallest absolute Gasteiger partial charge is 0 e. The van der Waals surface area contributed by atoms with Crippen molar-refractivity contribution in [3.8, 4) is 5.75 Å². The molecule has 0 spiro atoms. The van der Waals surface area contributed by atoms with E-state index in [1.54, 1.807) is 37.7 Å². The van der Waals surface area contributed by atoms with Crippen molar-refractivity contribution in [3.05, 3.63) is 141 Å². The summed E-state index contributed by atoms with van der Waals surface area (Å²) in [6.45, 7) is 13.5. The van der Waals surface area contributed by atoms with Gasteiger partial charge in [0, 0.05) is 16.8 Å². The molecule has 0 heterocycles. The molecule has 7 heteroatoms. The summed E-state index contributed by atoms with van der Waals surface area (Å²) in [5, 5.41) is 4.19. The molecule has 0 amide bonds. The zero-order chi connectivity index (χ0) is 26.3. The van der Waals surface area contributed by atoms with Crippen LogP contribution in [0.4, 0.5) is 0 Å². The minimum Gasteiger partial charge on any atom is -0.0622 e. The Labute approximate surface area is 223 Å². The first-order valence-corrected chi connectivity index (χ1v) is 11.2. The van der Waals surface area contributed by atoms with Crippen LogP contribution in [0.15, 0.2) is 115 Å². The molecule has 4 rings (SSSR count). The van der Waals surface area contributed by atoms with Gasteiger partial charge in [-0.2, -0.15) is 17.7 Å². The Morgan fingerprint density at radius 2 is 0.889 bits per heavy atom. The molecule has 0 fully saturated rings. The van der Waals surface area contributed by atoms with Gasteiger partial charge in [0.05, 0.1) is 19.1 Å². The van der Waals surface area contributed by atoms with Gasteiger partial charge in [-0.3, -0.25) is 0 Å². The topological polar surface area (TPSA) is 86.0 Å². The molecule has 0 aliphatic heterocycles. The molecule has 36 heavy (non-hydrogen) atoms. The van der Waals surface area contributed by atoms with Crippen molar-refractivity contribution < 1.29 is 40.3 Å². The predicted molar refractivity (Wildman–Crippen MR) is 135 cm³/mol. The second kappa shape index (κ2) is 23.3. The minimum absolute atomic E-state index is 0. The molecular formula is C29H22CoO5P-. The summed E-state index contributed by atoms with van der Waals surface area (Å²) >= 11 is 0. The maximum atomic E-state index is 10.0. The van der Waals surface area contributed by atoms with Crippen molar-refractivity contribution in [1.29, 1.82) is 0 Å². The summed E-state index contributed by atoms with van der Waals surface area (Å²) in [6.07, 6.45) is 1.77. The van der Waals surface area contributed by atoms with Gasteiger partial charge in [0.25, 0.3) is 0 Å². The zero-order valence-corrected chi connectivity index (χ0v) is 21.2. The summed E-state index contributed by atoms with van der Waals surface area (Å²) in [7, 11) is 1.14. The van der Waals surface area contributed by atoms with Crippen LogP contribution >= 0.6 is 7.92 Å². The Kier molecular flexibility index (Phi) is 22.4. The molecule has 0 N–H and O–H groups in total. The molecule has 0 aromatic heterocycles. The van der Waals surface area contributed by atoms with E-state index in [1.165, 1.54) is 15.9 Å². The van der Waals surface area contributed by atoms with E-state index in [4.69, 9.17) is 18.7 Å². The van der Waals surface area contributed by atoms with Gasteiger partial charge in [0.15, 0.2) is 0 Å². The molecule has 1 radical (unpaired) electrons. The quantitative estimate of drug-likeness (QED) is 0.212. The van der Waals surface area contributed by atoms with Crippen LogP contribution in [0.3, 0.4) is 0 Å². The Bertz CT molecular complexity index is 1020. The fraction of sp³-hybridized carbons (Fsp3) is 0.0345. The van der Waals surface area contributed by atoms with Crippen LogP contribution in [0.2, 0.25) is 0 Å². The van der Waals surface area contributed by atoms with Crippen LogP contribution in [0, 0.1) is 20.0 Å². The van der Waals surface area contributed by atoms with E-state index >= 15 is 0 Å². The number of hydrogen-bond donors (Lipinski definition) is 0. The Morgan fingerprint density at radius 1 is 0.583 bits per heavy atom. The maximum absolute atomic E-state index is 10.0. The number of hydrogen-bond acceptors (Lipinski definition) is 2. The summed E-state index contributed by atoms with van der Waals surface area (Å²) in [6, 6.07) is 39.1. The second-order valence-corrected chi connectivity index (χ2v) is 8.39. The van der Waals surface area contributed by atoms with Crippen molar-refractivity contribution >= 4 is 30.1 Å². The second-order valence-electron chi connectivity index (χ2n) is 6.17. The van der Waals surface area contributed by atoms with Crippen LogP contribution in [0.25, 0.3) is 0 Å². The van der Waals surface area contributed by atoms with Crippen LogP contribution < -0.4 is 20.7 Å². The van der Waals surface area contributed by atoms with Crippen molar-refractivity contribution in [3.63, 3.8) is 0 Å². The standard InChI is InChI=1S/C18H15P.C8H7O2.3CO.Co/c1-4-10-16(11-5-1)19(17-12-6-2-7-13-17)18-14-8-3-9-15-18;1-10-8-4-2-7(6-9)3-5-8;3*1-2;/h1-15H;2-5H,1H3;;;;/q;-1;;;;. The summed E-state index contributed by atoms with van der Waals surface area (Å²) in [4.78, 5) is 10.0. The fourth-order valence-corrected chi connectivity index (χ4v) is 5.14. The number of ether oxygens (including phenoxy) is 1. The Hall–Kier alpha value is -3.49. The molecule has 4 aromatic rings. The third-order valence-corrected chi connectivity index (χ3v) is 6.69. The molecule has 0 saturated heterocycles. The number of rotatable bonds is 5. The van der Waals surface area contributed by atoms with Crippen LogP contribution in [-0.2, 0) is 35.5 Å². The first-order valence-electron chi connectivity index (χ1n) is 9.90. The third-order valence-electron chi connectivity index (χ3n) is 4.25. The van der Waals surface area contributed by atoms with Gasteiger partial charge in [-0.05, 0) is 23.8 Å². The van der Waals surface area contributed by atoms with Gasteiger partial charge in [0.1, 0.15) is 0 Å². The van der Waals surface area contributed by atoms with Crippen LogP contribution in [0.5, 0.6) is 5.75 Å². The van der Waals surface area contributed by atoms with Crippen LogP contribution in [-0.4, -0.2) is 13.4 Å². The van der Waals surface area contributed by atoms with Crippen molar-refractivity contribution in [2.75, 3.05) is 7.11 Å². The van der Waals surface area contributed by atoms with Gasteiger partial charge >= 0.3 is 33.9 Å². The molecular weight excluding hydrogens is 518 g/mol. The summed E-state index contributed by atoms with van der Waals surface area (Å²) < 4.78 is 27.4. The van der Waals surface area contributed by atoms with Crippen molar-refractivity contribution in [2.45, 2.75) is 0 Å². The van der Waals surface area contributed by atoms with E-state index in [0.29, 0.717) is 5.56 Å². The molecule has 0 aliphatic carbocycles. The molecule has 5 nitrogen and oxygen atoms in total. The average Bonchev–Trinajstić information content (AvgIpc) is 2.98. The van der Waals surface area contributed by atoms with Crippen LogP contribution in [0.1, 0.15) is 5.56 Å². The van der Waals surface area contributed by atoms with E-state index < -0.39 is 7.92 Å². The van der Waals surface area contributed by atoms with Gasteiger partial charge in [-0.15, -0.1) is 0 Å². The van der Waals surface area contributed by atoms with E-state index in [0.717, 1.165) is 5.75 Å². The molecule has 4 aromatic carbocycles. The summed E-state index contributed by atoms with van der Waals surface area (Å²) in [5.74, 6) is 0.749. The number of benzene rings is 4. The molecule has 0 saturated carbocycles. The maximum Gasteiger partial charge on any atom is 0 e. The van der Waals surface area contributed by atoms with E-state index in [-0.39, 0.29) is 16.8 Å². The molecule has 0 aliphatic rings. The van der Waals surface area contributed by atoms with Gasteiger partial charge < -0.3 is 9.53 Å². The minimum atomic E-state index is -0.446. The van der Waals surface area contributed by atoms with Crippen molar-refractivity contribution in [2.24, 2.45) is 0 Å². The largest absolute Gasteiger partial charge is 0.0622 e. The molecule has 0 atom stereocenters. The first-order chi connectivity index (χ1) is 17.3. The van der Waals surface area contributed by atoms with Crippen molar-refractivity contribution in [1.82, 2.24) is 0 Å². The SMILES string of the molecule is COc1ccc([C-]=O)cc1.[C-]#[O+].[C-]#[O+].[C-]#[O+].[Co].c1ccc(P(c2ccccc2)c2ccccc2)cc1. The molecule has 0 unspecified atom stereocenters. The van der Waals surface area contributed by atoms with Gasteiger partial charge in [0.2, 0.25) is 0 Å². The summed E-state index contributed by atoms with van der Waals surface area (Å²) in [5.41, 5.74) is 0.542. The van der Waals surface area contributed by atoms with E-state index in [2.05, 4.69) is 111 Å². The number of methoxy groups -OCH3 is 1. The first kappa shape index (κ1) is 34.7.